The summed E-state index contributed by atoms with van der Waals surface area (Å²) in [6, 6.07) is 12.3. The second-order valence-corrected chi connectivity index (χ2v) is 5.81. The number of amides is 1. The summed E-state index contributed by atoms with van der Waals surface area (Å²) >= 11 is 5.87. The van der Waals surface area contributed by atoms with E-state index in [9.17, 15) is 14.3 Å². The molecule has 0 aliphatic rings. The normalized spacial score (nSPS) is 11.8. The van der Waals surface area contributed by atoms with Gasteiger partial charge < -0.3 is 14.7 Å². The summed E-state index contributed by atoms with van der Waals surface area (Å²) in [4.78, 5) is 13.6. The summed E-state index contributed by atoms with van der Waals surface area (Å²) in [6.07, 6.45) is -0.699. The number of aliphatic hydroxyl groups is 1. The van der Waals surface area contributed by atoms with Gasteiger partial charge in [-0.3, -0.25) is 4.79 Å². The molecule has 24 heavy (non-hydrogen) atoms. The van der Waals surface area contributed by atoms with Crippen molar-refractivity contribution < 1.29 is 19.0 Å². The molecule has 1 N–H and O–H groups in total. The first kappa shape index (κ1) is 18.2. The molecule has 1 amide bonds. The van der Waals surface area contributed by atoms with Gasteiger partial charge in [-0.15, -0.1) is 0 Å². The van der Waals surface area contributed by atoms with Gasteiger partial charge in [0.25, 0.3) is 5.91 Å². The summed E-state index contributed by atoms with van der Waals surface area (Å²) in [6.45, 7) is 0.849. The standard InChI is InChI=1S/C18H19ClFNO3/c1-21(10-3-11-24-16-5-2-4-14(19)12-16)18(23)17(22)13-6-8-15(20)9-7-13/h2,4-9,12,17,22H,3,10-11H2,1H3. The first-order valence-corrected chi connectivity index (χ1v) is 7.92. The Morgan fingerprint density at radius 3 is 2.67 bits per heavy atom. The van der Waals surface area contributed by atoms with E-state index >= 15 is 0 Å². The molecule has 0 heterocycles. The lowest BCUT2D eigenvalue weighted by Crippen LogP contribution is -2.33. The van der Waals surface area contributed by atoms with Crippen LogP contribution in [0.5, 0.6) is 5.75 Å². The zero-order valence-electron chi connectivity index (χ0n) is 13.3. The van der Waals surface area contributed by atoms with E-state index < -0.39 is 17.8 Å². The van der Waals surface area contributed by atoms with Gasteiger partial charge in [0.15, 0.2) is 6.10 Å². The van der Waals surface area contributed by atoms with Crippen LogP contribution in [0.3, 0.4) is 0 Å². The summed E-state index contributed by atoms with van der Waals surface area (Å²) in [5, 5.41) is 10.7. The van der Waals surface area contributed by atoms with E-state index in [1.807, 2.05) is 0 Å². The van der Waals surface area contributed by atoms with E-state index in [0.717, 1.165) is 0 Å². The Bertz CT molecular complexity index is 678. The zero-order chi connectivity index (χ0) is 17.5. The van der Waals surface area contributed by atoms with E-state index in [2.05, 4.69) is 0 Å². The van der Waals surface area contributed by atoms with Crippen LogP contribution in [0.15, 0.2) is 48.5 Å². The van der Waals surface area contributed by atoms with Gasteiger partial charge in [0.2, 0.25) is 0 Å². The average molecular weight is 352 g/mol. The number of rotatable bonds is 7. The third kappa shape index (κ3) is 5.22. The second kappa shape index (κ2) is 8.66. The number of hydrogen-bond donors (Lipinski definition) is 1. The summed E-state index contributed by atoms with van der Waals surface area (Å²) in [5.41, 5.74) is 0.364. The Morgan fingerprint density at radius 2 is 2.00 bits per heavy atom. The molecule has 1 unspecified atom stereocenters. The highest BCUT2D eigenvalue weighted by atomic mass is 35.5. The molecule has 6 heteroatoms. The minimum absolute atomic E-state index is 0.364. The van der Waals surface area contributed by atoms with Gasteiger partial charge in [0.1, 0.15) is 11.6 Å². The Kier molecular flexibility index (Phi) is 6.58. The molecule has 0 aromatic heterocycles. The van der Waals surface area contributed by atoms with E-state index in [1.54, 1.807) is 31.3 Å². The van der Waals surface area contributed by atoms with Crippen LogP contribution in [0.25, 0.3) is 0 Å². The minimum atomic E-state index is -1.30. The molecule has 2 aromatic rings. The third-order valence-corrected chi connectivity index (χ3v) is 3.73. The Balaban J connectivity index is 1.78. The number of hydrogen-bond acceptors (Lipinski definition) is 3. The van der Waals surface area contributed by atoms with Crippen molar-refractivity contribution in [2.75, 3.05) is 20.2 Å². The molecular formula is C18H19ClFNO3. The van der Waals surface area contributed by atoms with Gasteiger partial charge in [0, 0.05) is 18.6 Å². The van der Waals surface area contributed by atoms with Crippen molar-refractivity contribution in [3.63, 3.8) is 0 Å². The van der Waals surface area contributed by atoms with Crippen LogP contribution < -0.4 is 4.74 Å². The molecule has 1 atom stereocenters. The van der Waals surface area contributed by atoms with Crippen LogP contribution in [-0.4, -0.2) is 36.1 Å². The number of likely N-dealkylation sites (N-methyl/N-ethyl adjacent to an activating group) is 1. The summed E-state index contributed by atoms with van der Waals surface area (Å²) in [7, 11) is 1.61. The van der Waals surface area contributed by atoms with Crippen molar-refractivity contribution >= 4 is 17.5 Å². The highest BCUT2D eigenvalue weighted by molar-refractivity contribution is 6.30. The Morgan fingerprint density at radius 1 is 1.29 bits per heavy atom. The van der Waals surface area contributed by atoms with Crippen LogP contribution in [0.4, 0.5) is 4.39 Å². The maximum absolute atomic E-state index is 12.9. The van der Waals surface area contributed by atoms with Crippen molar-refractivity contribution in [1.29, 1.82) is 0 Å². The minimum Gasteiger partial charge on any atom is -0.493 e. The fourth-order valence-electron chi connectivity index (χ4n) is 2.16. The summed E-state index contributed by atoms with van der Waals surface area (Å²) in [5.74, 6) is -0.183. The van der Waals surface area contributed by atoms with Gasteiger partial charge in [-0.1, -0.05) is 29.8 Å². The van der Waals surface area contributed by atoms with Crippen molar-refractivity contribution in [2.45, 2.75) is 12.5 Å². The van der Waals surface area contributed by atoms with Crippen molar-refractivity contribution in [3.05, 3.63) is 64.9 Å². The Labute approximate surface area is 145 Å². The zero-order valence-corrected chi connectivity index (χ0v) is 14.0. The molecule has 2 rings (SSSR count). The topological polar surface area (TPSA) is 49.8 Å². The fourth-order valence-corrected chi connectivity index (χ4v) is 2.34. The number of benzene rings is 2. The highest BCUT2D eigenvalue weighted by Gasteiger charge is 2.20. The first-order chi connectivity index (χ1) is 11.5. The lowest BCUT2D eigenvalue weighted by Gasteiger charge is -2.21. The lowest BCUT2D eigenvalue weighted by molar-refractivity contribution is -0.139. The van der Waals surface area contributed by atoms with Gasteiger partial charge in [-0.25, -0.2) is 4.39 Å². The van der Waals surface area contributed by atoms with Crippen LogP contribution in [0.1, 0.15) is 18.1 Å². The van der Waals surface area contributed by atoms with E-state index in [0.29, 0.717) is 35.9 Å². The smallest absolute Gasteiger partial charge is 0.255 e. The molecule has 0 aliphatic carbocycles. The van der Waals surface area contributed by atoms with Crippen LogP contribution in [-0.2, 0) is 4.79 Å². The molecule has 0 radical (unpaired) electrons. The van der Waals surface area contributed by atoms with E-state index in [4.69, 9.17) is 16.3 Å². The number of nitrogens with zero attached hydrogens (tertiary/aromatic N) is 1. The molecule has 0 spiro atoms. The lowest BCUT2D eigenvalue weighted by atomic mass is 10.1. The van der Waals surface area contributed by atoms with Crippen LogP contribution >= 0.6 is 11.6 Å². The van der Waals surface area contributed by atoms with Gasteiger partial charge >= 0.3 is 0 Å². The number of carbonyl (C=O) groups excluding carboxylic acids is 1. The van der Waals surface area contributed by atoms with Gasteiger partial charge in [0.05, 0.1) is 6.61 Å². The predicted molar refractivity (Wildman–Crippen MR) is 90.6 cm³/mol. The summed E-state index contributed by atoms with van der Waals surface area (Å²) < 4.78 is 18.4. The van der Waals surface area contributed by atoms with E-state index in [1.165, 1.54) is 29.2 Å². The highest BCUT2D eigenvalue weighted by Crippen LogP contribution is 2.18. The van der Waals surface area contributed by atoms with Gasteiger partial charge in [-0.05, 0) is 42.3 Å². The van der Waals surface area contributed by atoms with Crippen molar-refractivity contribution in [3.8, 4) is 5.75 Å². The number of aliphatic hydroxyl groups excluding tert-OH is 1. The van der Waals surface area contributed by atoms with Crippen molar-refractivity contribution in [2.24, 2.45) is 0 Å². The van der Waals surface area contributed by atoms with Crippen LogP contribution in [0.2, 0.25) is 5.02 Å². The molecule has 2 aromatic carbocycles. The molecule has 0 saturated heterocycles. The fraction of sp³-hybridized carbons (Fsp3) is 0.278. The molecule has 4 nitrogen and oxygen atoms in total. The monoisotopic (exact) mass is 351 g/mol. The number of ether oxygens (including phenoxy) is 1. The van der Waals surface area contributed by atoms with Crippen LogP contribution in [0, 0.1) is 5.82 Å². The largest absolute Gasteiger partial charge is 0.493 e. The number of carbonyl (C=O) groups is 1. The second-order valence-electron chi connectivity index (χ2n) is 5.37. The molecule has 0 saturated carbocycles. The molecule has 0 bridgehead atoms. The number of halogens is 2. The molecule has 128 valence electrons. The average Bonchev–Trinajstić information content (AvgIpc) is 2.58. The van der Waals surface area contributed by atoms with Crippen molar-refractivity contribution in [1.82, 2.24) is 4.90 Å². The maximum Gasteiger partial charge on any atom is 0.255 e. The maximum atomic E-state index is 12.9. The van der Waals surface area contributed by atoms with E-state index in [-0.39, 0.29) is 0 Å². The molecule has 0 aliphatic heterocycles. The predicted octanol–water partition coefficient (Wildman–Crippen LogP) is 3.44. The third-order valence-electron chi connectivity index (χ3n) is 3.50. The first-order valence-electron chi connectivity index (χ1n) is 7.54. The SMILES string of the molecule is CN(CCCOc1cccc(Cl)c1)C(=O)C(O)c1ccc(F)cc1. The van der Waals surface area contributed by atoms with Gasteiger partial charge in [-0.2, -0.15) is 0 Å². The molecule has 0 fully saturated rings. The Hall–Kier alpha value is -2.11. The quantitative estimate of drug-likeness (QED) is 0.777. The molecular weight excluding hydrogens is 333 g/mol.